The maximum atomic E-state index is 13.2. The van der Waals surface area contributed by atoms with E-state index in [0.717, 1.165) is 47.4 Å². The molecule has 11 heteroatoms. The van der Waals surface area contributed by atoms with Crippen LogP contribution in [0.15, 0.2) is 36.5 Å². The van der Waals surface area contributed by atoms with E-state index in [1.165, 1.54) is 17.4 Å². The molecule has 1 atom stereocenters. The van der Waals surface area contributed by atoms with E-state index in [9.17, 15) is 18.0 Å². The number of nitrogens with zero attached hydrogens (tertiary/aromatic N) is 4. The number of hydrogen-bond acceptors (Lipinski definition) is 7. The number of aromatic nitrogens is 3. The molecule has 1 aliphatic heterocycles. The largest absolute Gasteiger partial charge is 0.490 e. The normalized spacial score (nSPS) is 16.1. The van der Waals surface area contributed by atoms with Crippen molar-refractivity contribution < 1.29 is 22.7 Å². The van der Waals surface area contributed by atoms with Gasteiger partial charge in [0.15, 0.2) is 5.69 Å². The van der Waals surface area contributed by atoms with Crippen LogP contribution in [0.25, 0.3) is 10.6 Å². The Balaban J connectivity index is 1.53. The number of rotatable bonds is 7. The van der Waals surface area contributed by atoms with E-state index in [1.54, 1.807) is 25.3 Å². The summed E-state index contributed by atoms with van der Waals surface area (Å²) in [5.41, 5.74) is 0.276. The monoisotopic (exact) mass is 533 g/mol. The quantitative estimate of drug-likeness (QED) is 0.422. The number of aryl methyl sites for hydroxylation is 1. The van der Waals surface area contributed by atoms with Gasteiger partial charge in [0.2, 0.25) is 0 Å². The lowest BCUT2D eigenvalue weighted by Gasteiger charge is -2.34. The fourth-order valence-corrected chi connectivity index (χ4v) is 4.94. The van der Waals surface area contributed by atoms with Crippen molar-refractivity contribution in [3.8, 4) is 16.3 Å². The first kappa shape index (κ1) is 27.0. The van der Waals surface area contributed by atoms with Crippen LogP contribution in [0.3, 0.4) is 0 Å². The smallest absolute Gasteiger partial charge is 0.435 e. The van der Waals surface area contributed by atoms with Crippen molar-refractivity contribution in [3.63, 3.8) is 0 Å². The maximum absolute atomic E-state index is 13.2. The Hall–Kier alpha value is -3.05. The lowest BCUT2D eigenvalue weighted by atomic mass is 10.1. The third-order valence-corrected chi connectivity index (χ3v) is 7.28. The van der Waals surface area contributed by atoms with Gasteiger partial charge in [0.05, 0.1) is 11.7 Å². The van der Waals surface area contributed by atoms with Crippen LogP contribution in [-0.2, 0) is 6.18 Å². The molecule has 0 saturated carbocycles. The van der Waals surface area contributed by atoms with Crippen LogP contribution in [0.2, 0.25) is 0 Å². The SMILES string of the molecule is Cc1cnc(-c2cc(OC3CCN(C(C)C)CC3)cc(C(=O)N[C@H](C)c3ccc(C(F)(F)F)nn3)c2)s1. The molecule has 0 aliphatic carbocycles. The van der Waals surface area contributed by atoms with E-state index in [-0.39, 0.29) is 11.8 Å². The van der Waals surface area contributed by atoms with E-state index >= 15 is 0 Å². The number of halogens is 3. The number of carbonyl (C=O) groups is 1. The lowest BCUT2D eigenvalue weighted by Crippen LogP contribution is -2.41. The van der Waals surface area contributed by atoms with Gasteiger partial charge < -0.3 is 15.0 Å². The molecule has 37 heavy (non-hydrogen) atoms. The van der Waals surface area contributed by atoms with Crippen molar-refractivity contribution in [2.45, 2.75) is 64.9 Å². The highest BCUT2D eigenvalue weighted by Crippen LogP contribution is 2.31. The number of amides is 1. The first-order valence-corrected chi connectivity index (χ1v) is 13.0. The fourth-order valence-electron chi connectivity index (χ4n) is 4.19. The minimum atomic E-state index is -4.57. The van der Waals surface area contributed by atoms with Gasteiger partial charge in [-0.15, -0.1) is 16.4 Å². The Morgan fingerprint density at radius 1 is 1.14 bits per heavy atom. The van der Waals surface area contributed by atoms with Gasteiger partial charge >= 0.3 is 6.18 Å². The highest BCUT2D eigenvalue weighted by molar-refractivity contribution is 7.14. The standard InChI is InChI=1S/C26H30F3N5O2S/c1-15(2)34-9-7-20(8-10-34)36-21-12-18(11-19(13-21)25-30-14-16(3)37-25)24(35)31-17(4)22-5-6-23(33-32-22)26(27,28)29/h5-6,11-15,17,20H,7-10H2,1-4H3,(H,31,35)/t17-/m1/s1. The lowest BCUT2D eigenvalue weighted by molar-refractivity contribution is -0.141. The first-order chi connectivity index (χ1) is 17.5. The average Bonchev–Trinajstić information content (AvgIpc) is 3.30. The third kappa shape index (κ3) is 6.84. The van der Waals surface area contributed by atoms with Crippen molar-refractivity contribution in [1.29, 1.82) is 0 Å². The Bertz CT molecular complexity index is 1220. The van der Waals surface area contributed by atoms with Crippen molar-refractivity contribution in [2.24, 2.45) is 0 Å². The van der Waals surface area contributed by atoms with Gasteiger partial charge in [0.1, 0.15) is 16.9 Å². The van der Waals surface area contributed by atoms with Crippen molar-refractivity contribution in [3.05, 3.63) is 58.4 Å². The summed E-state index contributed by atoms with van der Waals surface area (Å²) in [6.45, 7) is 9.87. The average molecular weight is 534 g/mol. The molecule has 0 unspecified atom stereocenters. The number of benzene rings is 1. The van der Waals surface area contributed by atoms with Crippen molar-refractivity contribution in [1.82, 2.24) is 25.4 Å². The molecule has 0 spiro atoms. The molecular formula is C26H30F3N5O2S. The molecule has 0 radical (unpaired) electrons. The van der Waals surface area contributed by atoms with Crippen LogP contribution in [0.5, 0.6) is 5.75 Å². The second-order valence-corrected chi connectivity index (χ2v) is 10.7. The number of thiazole rings is 1. The zero-order chi connectivity index (χ0) is 26.7. The summed E-state index contributed by atoms with van der Waals surface area (Å²) in [5.74, 6) is 0.185. The minimum absolute atomic E-state index is 0.0422. The van der Waals surface area contributed by atoms with Gasteiger partial charge in [-0.3, -0.25) is 4.79 Å². The number of alkyl halides is 3. The fraction of sp³-hybridized carbons (Fsp3) is 0.462. The molecule has 198 valence electrons. The number of likely N-dealkylation sites (tertiary alicyclic amines) is 1. The van der Waals surface area contributed by atoms with Crippen LogP contribution in [0.4, 0.5) is 13.2 Å². The van der Waals surface area contributed by atoms with E-state index in [4.69, 9.17) is 4.74 Å². The summed E-state index contributed by atoms with van der Waals surface area (Å²) >= 11 is 1.52. The number of ether oxygens (including phenoxy) is 1. The second kappa shape index (κ2) is 11.1. The Morgan fingerprint density at radius 3 is 2.43 bits per heavy atom. The summed E-state index contributed by atoms with van der Waals surface area (Å²) in [5, 5.41) is 10.5. The predicted molar refractivity (Wildman–Crippen MR) is 136 cm³/mol. The molecule has 1 aliphatic rings. The van der Waals surface area contributed by atoms with Gasteiger partial charge in [-0.1, -0.05) is 0 Å². The topological polar surface area (TPSA) is 80.2 Å². The molecule has 1 aromatic carbocycles. The van der Waals surface area contributed by atoms with E-state index in [2.05, 4.69) is 39.2 Å². The number of piperidine rings is 1. The van der Waals surface area contributed by atoms with Crippen LogP contribution in [0, 0.1) is 6.92 Å². The number of nitrogens with one attached hydrogen (secondary N) is 1. The maximum Gasteiger partial charge on any atom is 0.435 e. The van der Waals surface area contributed by atoms with Gasteiger partial charge in [0.25, 0.3) is 5.91 Å². The molecule has 3 heterocycles. The number of carbonyl (C=O) groups excluding carboxylic acids is 1. The van der Waals surface area contributed by atoms with E-state index < -0.39 is 23.8 Å². The van der Waals surface area contributed by atoms with Crippen LogP contribution in [-0.4, -0.2) is 51.2 Å². The molecule has 0 bridgehead atoms. The Kier molecular flexibility index (Phi) is 8.13. The molecule has 1 N–H and O–H groups in total. The van der Waals surface area contributed by atoms with Crippen molar-refractivity contribution >= 4 is 17.2 Å². The summed E-state index contributed by atoms with van der Waals surface area (Å²) < 4.78 is 44.7. The van der Waals surface area contributed by atoms with Gasteiger partial charge in [-0.25, -0.2) is 4.98 Å². The Labute approximate surface area is 218 Å². The molecule has 1 fully saturated rings. The zero-order valence-corrected chi connectivity index (χ0v) is 22.0. The zero-order valence-electron chi connectivity index (χ0n) is 21.2. The van der Waals surface area contributed by atoms with Gasteiger partial charge in [-0.05, 0) is 70.9 Å². The molecule has 7 nitrogen and oxygen atoms in total. The van der Waals surface area contributed by atoms with Gasteiger partial charge in [0, 0.05) is 41.3 Å². The van der Waals surface area contributed by atoms with Crippen LogP contribution >= 0.6 is 11.3 Å². The van der Waals surface area contributed by atoms with Gasteiger partial charge in [-0.2, -0.15) is 18.3 Å². The van der Waals surface area contributed by atoms with E-state index in [0.29, 0.717) is 17.4 Å². The second-order valence-electron chi connectivity index (χ2n) is 9.51. The highest BCUT2D eigenvalue weighted by Gasteiger charge is 2.33. The van der Waals surface area contributed by atoms with Crippen LogP contribution in [0.1, 0.15) is 66.3 Å². The molecule has 1 amide bonds. The molecule has 4 rings (SSSR count). The molecule has 2 aromatic heterocycles. The number of hydrogen-bond donors (Lipinski definition) is 1. The summed E-state index contributed by atoms with van der Waals surface area (Å²) in [7, 11) is 0. The molecular weight excluding hydrogens is 503 g/mol. The summed E-state index contributed by atoms with van der Waals surface area (Å²) in [4.78, 5) is 21.1. The Morgan fingerprint density at radius 2 is 1.86 bits per heavy atom. The molecule has 3 aromatic rings. The first-order valence-electron chi connectivity index (χ1n) is 12.2. The van der Waals surface area contributed by atoms with Crippen LogP contribution < -0.4 is 10.1 Å². The predicted octanol–water partition coefficient (Wildman–Crippen LogP) is 5.67. The van der Waals surface area contributed by atoms with E-state index in [1.807, 2.05) is 13.0 Å². The summed E-state index contributed by atoms with van der Waals surface area (Å²) in [6, 6.07) is 7.24. The third-order valence-electron chi connectivity index (χ3n) is 6.31. The highest BCUT2D eigenvalue weighted by atomic mass is 32.1. The van der Waals surface area contributed by atoms with Crippen molar-refractivity contribution in [2.75, 3.05) is 13.1 Å². The summed E-state index contributed by atoms with van der Waals surface area (Å²) in [6.07, 6.45) is -0.969. The minimum Gasteiger partial charge on any atom is -0.490 e. The molecule has 1 saturated heterocycles.